The van der Waals surface area contributed by atoms with E-state index in [1.165, 1.54) is 45.1 Å². The first-order valence-corrected chi connectivity index (χ1v) is 8.82. The van der Waals surface area contributed by atoms with Crippen molar-refractivity contribution in [1.29, 1.82) is 0 Å². The molecule has 3 heteroatoms. The van der Waals surface area contributed by atoms with Crippen LogP contribution in [-0.4, -0.2) is 35.1 Å². The highest BCUT2D eigenvalue weighted by molar-refractivity contribution is 5.66. The summed E-state index contributed by atoms with van der Waals surface area (Å²) >= 11 is 0. The van der Waals surface area contributed by atoms with E-state index in [9.17, 15) is 4.79 Å². The third-order valence-corrected chi connectivity index (χ3v) is 5.76. The van der Waals surface area contributed by atoms with E-state index in [-0.39, 0.29) is 0 Å². The lowest BCUT2D eigenvalue weighted by Crippen LogP contribution is -2.33. The maximum absolute atomic E-state index is 10.7. The summed E-state index contributed by atoms with van der Waals surface area (Å²) in [7, 11) is 0. The van der Waals surface area contributed by atoms with E-state index in [2.05, 4.69) is 25.7 Å². The highest BCUT2D eigenvalue weighted by Crippen LogP contribution is 2.38. The van der Waals surface area contributed by atoms with Gasteiger partial charge in [-0.15, -0.1) is 0 Å². The normalized spacial score (nSPS) is 32.0. The Morgan fingerprint density at radius 2 is 1.90 bits per heavy atom. The van der Waals surface area contributed by atoms with Crippen LogP contribution in [0.25, 0.3) is 0 Å². The standard InChI is InChI=1S/C18H33NO2/c1-18(2,3)15-5-4-6-16(9-8-15)19-12-11-14(13-19)7-10-17(20)21/h14-16H,4-13H2,1-3H3,(H,20,21). The van der Waals surface area contributed by atoms with Crippen molar-refractivity contribution >= 4 is 5.97 Å². The maximum atomic E-state index is 10.7. The predicted molar refractivity (Wildman–Crippen MR) is 86.4 cm³/mol. The van der Waals surface area contributed by atoms with E-state index in [0.29, 0.717) is 17.8 Å². The van der Waals surface area contributed by atoms with Gasteiger partial charge in [0.25, 0.3) is 0 Å². The molecule has 0 aromatic rings. The molecule has 3 unspecified atom stereocenters. The van der Waals surface area contributed by atoms with Gasteiger partial charge in [-0.3, -0.25) is 4.79 Å². The minimum absolute atomic E-state index is 0.343. The highest BCUT2D eigenvalue weighted by Gasteiger charge is 2.32. The Bertz CT molecular complexity index is 348. The van der Waals surface area contributed by atoms with E-state index in [0.717, 1.165) is 24.9 Å². The zero-order valence-electron chi connectivity index (χ0n) is 14.1. The Hall–Kier alpha value is -0.570. The first kappa shape index (κ1) is 16.8. The molecule has 1 aliphatic heterocycles. The average Bonchev–Trinajstić information content (AvgIpc) is 2.70. The van der Waals surface area contributed by atoms with Gasteiger partial charge < -0.3 is 10.0 Å². The number of hydrogen-bond donors (Lipinski definition) is 1. The molecule has 0 aromatic carbocycles. The summed E-state index contributed by atoms with van der Waals surface area (Å²) in [5.74, 6) is 0.839. The van der Waals surface area contributed by atoms with E-state index >= 15 is 0 Å². The molecule has 3 atom stereocenters. The van der Waals surface area contributed by atoms with Crippen molar-refractivity contribution in [2.45, 2.75) is 78.2 Å². The van der Waals surface area contributed by atoms with Crippen LogP contribution in [0.3, 0.4) is 0 Å². The molecule has 0 radical (unpaired) electrons. The van der Waals surface area contributed by atoms with Gasteiger partial charge in [0, 0.05) is 19.0 Å². The summed E-state index contributed by atoms with van der Waals surface area (Å²) < 4.78 is 0. The van der Waals surface area contributed by atoms with Crippen LogP contribution in [0.5, 0.6) is 0 Å². The fourth-order valence-electron chi connectivity index (χ4n) is 4.27. The molecule has 0 amide bonds. The first-order chi connectivity index (χ1) is 9.86. The van der Waals surface area contributed by atoms with Gasteiger partial charge in [0.2, 0.25) is 0 Å². The predicted octanol–water partition coefficient (Wildman–Crippen LogP) is 4.17. The molecule has 3 nitrogen and oxygen atoms in total. The van der Waals surface area contributed by atoms with Crippen LogP contribution in [0, 0.1) is 17.3 Å². The number of carbonyl (C=O) groups is 1. The summed E-state index contributed by atoms with van der Waals surface area (Å²) in [6.07, 6.45) is 9.21. The number of carboxylic acids is 1. The zero-order chi connectivity index (χ0) is 15.5. The van der Waals surface area contributed by atoms with Crippen molar-refractivity contribution in [3.63, 3.8) is 0 Å². The molecular weight excluding hydrogens is 262 g/mol. The van der Waals surface area contributed by atoms with Crippen molar-refractivity contribution < 1.29 is 9.90 Å². The molecule has 2 aliphatic rings. The van der Waals surface area contributed by atoms with E-state index in [4.69, 9.17) is 5.11 Å². The van der Waals surface area contributed by atoms with E-state index in [1.54, 1.807) is 0 Å². The third kappa shape index (κ3) is 4.98. The second kappa shape index (κ2) is 7.13. The molecule has 21 heavy (non-hydrogen) atoms. The summed E-state index contributed by atoms with van der Waals surface area (Å²) in [6, 6.07) is 0.757. The highest BCUT2D eigenvalue weighted by atomic mass is 16.4. The molecule has 1 aliphatic carbocycles. The maximum Gasteiger partial charge on any atom is 0.303 e. The van der Waals surface area contributed by atoms with Crippen molar-refractivity contribution in [1.82, 2.24) is 4.90 Å². The monoisotopic (exact) mass is 295 g/mol. The Balaban J connectivity index is 1.79. The van der Waals surface area contributed by atoms with Gasteiger partial charge in [-0.05, 0) is 62.3 Å². The van der Waals surface area contributed by atoms with Crippen LogP contribution >= 0.6 is 0 Å². The van der Waals surface area contributed by atoms with Crippen LogP contribution in [0.2, 0.25) is 0 Å². The van der Waals surface area contributed by atoms with Crippen molar-refractivity contribution in [3.05, 3.63) is 0 Å². The molecule has 1 saturated carbocycles. The van der Waals surface area contributed by atoms with Crippen LogP contribution in [0.1, 0.15) is 72.1 Å². The van der Waals surface area contributed by atoms with Crippen LogP contribution in [-0.2, 0) is 4.79 Å². The Morgan fingerprint density at radius 3 is 2.57 bits per heavy atom. The third-order valence-electron chi connectivity index (χ3n) is 5.76. The smallest absolute Gasteiger partial charge is 0.303 e. The lowest BCUT2D eigenvalue weighted by Gasteiger charge is -2.30. The molecule has 1 N–H and O–H groups in total. The molecule has 2 rings (SSSR count). The van der Waals surface area contributed by atoms with Gasteiger partial charge in [-0.1, -0.05) is 27.2 Å². The van der Waals surface area contributed by atoms with Crippen LogP contribution in [0.15, 0.2) is 0 Å². The molecule has 1 saturated heterocycles. The molecule has 122 valence electrons. The number of carboxylic acid groups (broad SMARTS) is 1. The molecule has 2 fully saturated rings. The number of hydrogen-bond acceptors (Lipinski definition) is 2. The Kier molecular flexibility index (Phi) is 5.70. The number of rotatable bonds is 4. The van der Waals surface area contributed by atoms with Crippen molar-refractivity contribution in [3.8, 4) is 0 Å². The molecule has 0 spiro atoms. The molecule has 0 aromatic heterocycles. The molecule has 1 heterocycles. The van der Waals surface area contributed by atoms with Crippen LogP contribution < -0.4 is 0 Å². The Morgan fingerprint density at radius 1 is 1.14 bits per heavy atom. The number of aliphatic carboxylic acids is 1. The van der Waals surface area contributed by atoms with E-state index < -0.39 is 5.97 Å². The quantitative estimate of drug-likeness (QED) is 0.791. The second-order valence-corrected chi connectivity index (χ2v) is 8.31. The van der Waals surface area contributed by atoms with Crippen molar-refractivity contribution in [2.75, 3.05) is 13.1 Å². The fraction of sp³-hybridized carbons (Fsp3) is 0.944. The van der Waals surface area contributed by atoms with Gasteiger partial charge in [0.05, 0.1) is 0 Å². The van der Waals surface area contributed by atoms with Crippen LogP contribution in [0.4, 0.5) is 0 Å². The zero-order valence-corrected chi connectivity index (χ0v) is 14.1. The van der Waals surface area contributed by atoms with Gasteiger partial charge in [0.1, 0.15) is 0 Å². The average molecular weight is 295 g/mol. The molecule has 0 bridgehead atoms. The minimum Gasteiger partial charge on any atom is -0.481 e. The van der Waals surface area contributed by atoms with Gasteiger partial charge in [-0.2, -0.15) is 0 Å². The lowest BCUT2D eigenvalue weighted by atomic mass is 9.76. The fourth-order valence-corrected chi connectivity index (χ4v) is 4.27. The van der Waals surface area contributed by atoms with Gasteiger partial charge >= 0.3 is 5.97 Å². The summed E-state index contributed by atoms with van der Waals surface area (Å²) in [5, 5.41) is 8.82. The summed E-state index contributed by atoms with van der Waals surface area (Å²) in [6.45, 7) is 9.48. The number of likely N-dealkylation sites (tertiary alicyclic amines) is 1. The van der Waals surface area contributed by atoms with Gasteiger partial charge in [0.15, 0.2) is 0 Å². The topological polar surface area (TPSA) is 40.5 Å². The lowest BCUT2D eigenvalue weighted by molar-refractivity contribution is -0.137. The minimum atomic E-state index is -0.643. The Labute approximate surface area is 130 Å². The molecular formula is C18H33NO2. The van der Waals surface area contributed by atoms with E-state index in [1.807, 2.05) is 0 Å². The summed E-state index contributed by atoms with van der Waals surface area (Å²) in [4.78, 5) is 13.4. The largest absolute Gasteiger partial charge is 0.481 e. The second-order valence-electron chi connectivity index (χ2n) is 8.31. The first-order valence-electron chi connectivity index (χ1n) is 8.82. The van der Waals surface area contributed by atoms with Crippen molar-refractivity contribution in [2.24, 2.45) is 17.3 Å². The number of nitrogens with zero attached hydrogens (tertiary/aromatic N) is 1. The van der Waals surface area contributed by atoms with Gasteiger partial charge in [-0.25, -0.2) is 0 Å². The summed E-state index contributed by atoms with van der Waals surface area (Å²) in [5.41, 5.74) is 0.448. The SMILES string of the molecule is CC(C)(C)C1CCCC(N2CCC(CCC(=O)O)C2)CC1.